The van der Waals surface area contributed by atoms with Crippen LogP contribution in [0.4, 0.5) is 11.4 Å². The largest absolute Gasteiger partial charge is 0.487 e. The molecule has 0 unspecified atom stereocenters. The van der Waals surface area contributed by atoms with Gasteiger partial charge in [0, 0.05) is 24.3 Å². The Kier molecular flexibility index (Phi) is 6.49. The molecule has 160 valence electrons. The van der Waals surface area contributed by atoms with E-state index in [4.69, 9.17) is 16.3 Å². The fourth-order valence-corrected chi connectivity index (χ4v) is 4.58. The summed E-state index contributed by atoms with van der Waals surface area (Å²) in [7, 11) is 0. The van der Waals surface area contributed by atoms with Gasteiger partial charge in [0.2, 0.25) is 5.91 Å². The zero-order valence-corrected chi connectivity index (χ0v) is 18.5. The van der Waals surface area contributed by atoms with E-state index >= 15 is 0 Å². The average Bonchev–Trinajstić information content (AvgIpc) is 3.19. The van der Waals surface area contributed by atoms with Crippen LogP contribution in [0.3, 0.4) is 0 Å². The Hall–Kier alpha value is -2.24. The fraction of sp³-hybridized carbons (Fsp3) is 0.458. The molecule has 1 amide bonds. The molecule has 6 heteroatoms. The number of halogens is 1. The van der Waals surface area contributed by atoms with Crippen LogP contribution in [-0.4, -0.2) is 37.7 Å². The van der Waals surface area contributed by atoms with Crippen LogP contribution in [0.2, 0.25) is 5.02 Å². The summed E-state index contributed by atoms with van der Waals surface area (Å²) < 4.78 is 6.20. The van der Waals surface area contributed by atoms with Crippen molar-refractivity contribution in [1.82, 2.24) is 5.32 Å². The van der Waals surface area contributed by atoms with Gasteiger partial charge in [0.1, 0.15) is 11.9 Å². The highest BCUT2D eigenvalue weighted by atomic mass is 35.5. The molecule has 2 aromatic carbocycles. The number of carbonyl (C=O) groups excluding carboxylic acids is 1. The molecule has 2 fully saturated rings. The highest BCUT2D eigenvalue weighted by molar-refractivity contribution is 6.32. The highest BCUT2D eigenvalue weighted by Gasteiger charge is 2.25. The maximum absolute atomic E-state index is 12.4. The molecule has 2 atom stereocenters. The second-order valence-corrected chi connectivity index (χ2v) is 8.86. The molecule has 4 rings (SSSR count). The highest BCUT2D eigenvalue weighted by Crippen LogP contribution is 2.31. The lowest BCUT2D eigenvalue weighted by molar-refractivity contribution is -0.118. The number of ether oxygens (including phenoxy) is 1. The number of aryl methyl sites for hydroxylation is 2. The molecular formula is C24H30ClN3O2. The van der Waals surface area contributed by atoms with E-state index in [1.165, 1.54) is 16.8 Å². The molecule has 2 N–H and O–H groups in total. The first-order valence-corrected chi connectivity index (χ1v) is 11.2. The van der Waals surface area contributed by atoms with Crippen molar-refractivity contribution in [2.24, 2.45) is 0 Å². The van der Waals surface area contributed by atoms with Crippen LogP contribution in [0.5, 0.6) is 5.75 Å². The van der Waals surface area contributed by atoms with Gasteiger partial charge in [0.15, 0.2) is 0 Å². The van der Waals surface area contributed by atoms with Crippen LogP contribution in [-0.2, 0) is 4.79 Å². The first kappa shape index (κ1) is 21.0. The minimum Gasteiger partial charge on any atom is -0.487 e. The normalized spacial score (nSPS) is 21.5. The summed E-state index contributed by atoms with van der Waals surface area (Å²) in [6.07, 6.45) is 4.13. The van der Waals surface area contributed by atoms with Crippen molar-refractivity contribution in [2.75, 3.05) is 29.9 Å². The summed E-state index contributed by atoms with van der Waals surface area (Å²) in [6.45, 7) is 6.96. The summed E-state index contributed by atoms with van der Waals surface area (Å²) in [5.41, 5.74) is 4.50. The van der Waals surface area contributed by atoms with Gasteiger partial charge >= 0.3 is 0 Å². The summed E-state index contributed by atoms with van der Waals surface area (Å²) in [4.78, 5) is 14.8. The van der Waals surface area contributed by atoms with Crippen LogP contribution in [0, 0.1) is 13.8 Å². The van der Waals surface area contributed by atoms with Gasteiger partial charge in [-0.05, 0) is 74.7 Å². The average molecular weight is 428 g/mol. The van der Waals surface area contributed by atoms with Crippen molar-refractivity contribution >= 4 is 28.9 Å². The second-order valence-electron chi connectivity index (χ2n) is 8.46. The summed E-state index contributed by atoms with van der Waals surface area (Å²) in [6, 6.07) is 12.0. The molecule has 2 heterocycles. The number of carbonyl (C=O) groups is 1. The number of hydrogen-bond donors (Lipinski definition) is 2. The van der Waals surface area contributed by atoms with E-state index in [1.807, 2.05) is 12.1 Å². The fourth-order valence-electron chi connectivity index (χ4n) is 4.35. The van der Waals surface area contributed by atoms with E-state index in [9.17, 15) is 4.79 Å². The van der Waals surface area contributed by atoms with Crippen molar-refractivity contribution in [3.63, 3.8) is 0 Å². The Bertz CT molecular complexity index is 891. The predicted molar refractivity (Wildman–Crippen MR) is 123 cm³/mol. The predicted octanol–water partition coefficient (Wildman–Crippen LogP) is 4.70. The number of piperidine rings is 1. The zero-order valence-electron chi connectivity index (χ0n) is 17.7. The number of rotatable bonds is 5. The van der Waals surface area contributed by atoms with Crippen molar-refractivity contribution in [1.29, 1.82) is 0 Å². The van der Waals surface area contributed by atoms with Gasteiger partial charge in [-0.15, -0.1) is 0 Å². The van der Waals surface area contributed by atoms with Gasteiger partial charge in [-0.3, -0.25) is 4.79 Å². The lowest BCUT2D eigenvalue weighted by atomic mass is 10.0. The zero-order chi connectivity index (χ0) is 21.1. The lowest BCUT2D eigenvalue weighted by Gasteiger charge is -2.23. The third kappa shape index (κ3) is 5.08. The lowest BCUT2D eigenvalue weighted by Crippen LogP contribution is -2.43. The van der Waals surface area contributed by atoms with Crippen molar-refractivity contribution in [3.8, 4) is 5.75 Å². The van der Waals surface area contributed by atoms with Crippen LogP contribution in [0.25, 0.3) is 0 Å². The number of nitrogens with one attached hydrogen (secondary N) is 2. The standard InChI is InChI=1S/C24H30ClN3O2/c1-16-11-17(2)13-19(12-16)28-10-8-20(15-28)30-23-7-6-18(14-21(23)25)27-24(29)22-5-3-4-9-26-22/h6-7,11-14,20,22,26H,3-5,8-10,15H2,1-2H3,(H,27,29)/t20-,22+/m0/s1. The molecule has 0 radical (unpaired) electrons. The van der Waals surface area contributed by atoms with E-state index in [0.717, 1.165) is 45.3 Å². The van der Waals surface area contributed by atoms with Crippen LogP contribution in [0.1, 0.15) is 36.8 Å². The smallest absolute Gasteiger partial charge is 0.241 e. The molecule has 0 aromatic heterocycles. The summed E-state index contributed by atoms with van der Waals surface area (Å²) in [5, 5.41) is 6.75. The molecule has 2 aromatic rings. The number of hydrogen-bond acceptors (Lipinski definition) is 4. The Morgan fingerprint density at radius 2 is 1.93 bits per heavy atom. The third-order valence-electron chi connectivity index (χ3n) is 5.84. The minimum atomic E-state index is -0.122. The van der Waals surface area contributed by atoms with Crippen LogP contribution < -0.4 is 20.3 Å². The van der Waals surface area contributed by atoms with Gasteiger partial charge in [-0.25, -0.2) is 0 Å². The first-order valence-electron chi connectivity index (χ1n) is 10.8. The topological polar surface area (TPSA) is 53.6 Å². The van der Waals surface area contributed by atoms with Crippen LogP contribution >= 0.6 is 11.6 Å². The van der Waals surface area contributed by atoms with Crippen LogP contribution in [0.15, 0.2) is 36.4 Å². The van der Waals surface area contributed by atoms with E-state index in [1.54, 1.807) is 6.07 Å². The maximum Gasteiger partial charge on any atom is 0.241 e. The van der Waals surface area contributed by atoms with E-state index in [2.05, 4.69) is 47.6 Å². The Morgan fingerprint density at radius 3 is 2.63 bits per heavy atom. The summed E-state index contributed by atoms with van der Waals surface area (Å²) >= 11 is 6.47. The van der Waals surface area contributed by atoms with E-state index < -0.39 is 0 Å². The Labute approximate surface area is 183 Å². The molecule has 2 aliphatic heterocycles. The number of benzene rings is 2. The first-order chi connectivity index (χ1) is 14.5. The number of amides is 1. The van der Waals surface area contributed by atoms with Crippen molar-refractivity contribution < 1.29 is 9.53 Å². The van der Waals surface area contributed by atoms with E-state index in [-0.39, 0.29) is 18.1 Å². The molecule has 0 aliphatic carbocycles. The summed E-state index contributed by atoms with van der Waals surface area (Å²) in [5.74, 6) is 0.664. The molecule has 30 heavy (non-hydrogen) atoms. The molecule has 2 aliphatic rings. The van der Waals surface area contributed by atoms with Gasteiger partial charge in [-0.1, -0.05) is 24.1 Å². The number of nitrogens with zero attached hydrogens (tertiary/aromatic N) is 1. The molecule has 0 spiro atoms. The number of anilines is 2. The molecule has 2 saturated heterocycles. The minimum absolute atomic E-state index is 0.000632. The quantitative estimate of drug-likeness (QED) is 0.726. The van der Waals surface area contributed by atoms with E-state index in [0.29, 0.717) is 16.5 Å². The molecule has 0 saturated carbocycles. The molecule has 0 bridgehead atoms. The van der Waals surface area contributed by atoms with Gasteiger partial charge in [-0.2, -0.15) is 0 Å². The monoisotopic (exact) mass is 427 g/mol. The molecular weight excluding hydrogens is 398 g/mol. The Morgan fingerprint density at radius 1 is 1.13 bits per heavy atom. The maximum atomic E-state index is 12.4. The van der Waals surface area contributed by atoms with Gasteiger partial charge in [0.05, 0.1) is 17.6 Å². The molecule has 5 nitrogen and oxygen atoms in total. The van der Waals surface area contributed by atoms with Crippen molar-refractivity contribution in [2.45, 2.75) is 51.7 Å². The Balaban J connectivity index is 1.35. The van der Waals surface area contributed by atoms with Gasteiger partial charge in [0.25, 0.3) is 0 Å². The second kappa shape index (κ2) is 9.27. The van der Waals surface area contributed by atoms with Crippen molar-refractivity contribution in [3.05, 3.63) is 52.5 Å². The van der Waals surface area contributed by atoms with Gasteiger partial charge < -0.3 is 20.3 Å². The SMILES string of the molecule is Cc1cc(C)cc(N2CC[C@H](Oc3ccc(NC(=O)[C@H]4CCCCN4)cc3Cl)C2)c1. The third-order valence-corrected chi connectivity index (χ3v) is 6.13.